The molecule has 0 aliphatic carbocycles. The monoisotopic (exact) mass is 236 g/mol. The highest BCUT2D eigenvalue weighted by Crippen LogP contribution is 2.35. The molecule has 2 aromatic rings. The highest BCUT2D eigenvalue weighted by Gasteiger charge is 2.18. The van der Waals surface area contributed by atoms with Crippen molar-refractivity contribution < 1.29 is 0 Å². The second-order valence-corrected chi connectivity index (χ2v) is 5.58. The summed E-state index contributed by atoms with van der Waals surface area (Å²) in [5, 5.41) is 0. The van der Waals surface area contributed by atoms with Crippen molar-refractivity contribution in [3.05, 3.63) is 71.8 Å². The Kier molecular flexibility index (Phi) is 3.66. The number of allylic oxidation sites excluding steroid dienone is 1. The average molecular weight is 236 g/mol. The van der Waals surface area contributed by atoms with Crippen molar-refractivity contribution in [2.24, 2.45) is 5.41 Å². The molecule has 0 fully saturated rings. The number of hydrogen-bond acceptors (Lipinski definition) is 0. The van der Waals surface area contributed by atoms with E-state index in [-0.39, 0.29) is 5.41 Å². The maximum atomic E-state index is 2.29. The maximum absolute atomic E-state index is 2.29. The number of hydrogen-bond donors (Lipinski definition) is 0. The molecule has 0 saturated carbocycles. The molecular weight excluding hydrogens is 216 g/mol. The summed E-state index contributed by atoms with van der Waals surface area (Å²) in [7, 11) is 0. The van der Waals surface area contributed by atoms with Gasteiger partial charge in [0.2, 0.25) is 0 Å². The molecule has 2 aromatic carbocycles. The molecule has 0 N–H and O–H groups in total. The van der Waals surface area contributed by atoms with E-state index in [9.17, 15) is 0 Å². The largest absolute Gasteiger partial charge is 0.0622 e. The summed E-state index contributed by atoms with van der Waals surface area (Å²) in [6.45, 7) is 6.78. The van der Waals surface area contributed by atoms with Gasteiger partial charge in [-0.2, -0.15) is 0 Å². The van der Waals surface area contributed by atoms with Crippen molar-refractivity contribution >= 4 is 11.6 Å². The van der Waals surface area contributed by atoms with Gasteiger partial charge in [0, 0.05) is 0 Å². The third kappa shape index (κ3) is 3.10. The van der Waals surface area contributed by atoms with Gasteiger partial charge in [-0.25, -0.2) is 0 Å². The van der Waals surface area contributed by atoms with Gasteiger partial charge in [0.05, 0.1) is 0 Å². The SMILES string of the molecule is CC(C)(C)C(=Cc1ccccc1)c1ccccc1. The quantitative estimate of drug-likeness (QED) is 0.623. The standard InChI is InChI=1S/C18H20/c1-18(2,3)17(16-12-8-5-9-13-16)14-15-10-6-4-7-11-15/h4-14H,1-3H3. The second kappa shape index (κ2) is 5.22. The fourth-order valence-corrected chi connectivity index (χ4v) is 2.07. The summed E-state index contributed by atoms with van der Waals surface area (Å²) in [5.41, 5.74) is 4.06. The molecule has 0 aliphatic rings. The van der Waals surface area contributed by atoms with Crippen molar-refractivity contribution in [2.75, 3.05) is 0 Å². The van der Waals surface area contributed by atoms with Gasteiger partial charge in [-0.05, 0) is 22.1 Å². The summed E-state index contributed by atoms with van der Waals surface area (Å²) in [5.74, 6) is 0. The van der Waals surface area contributed by atoms with Crippen LogP contribution in [0.15, 0.2) is 60.7 Å². The molecule has 2 rings (SSSR count). The Bertz CT molecular complexity index is 513. The predicted molar refractivity (Wildman–Crippen MR) is 80.2 cm³/mol. The summed E-state index contributed by atoms with van der Waals surface area (Å²) in [6.07, 6.45) is 2.29. The van der Waals surface area contributed by atoms with E-state index in [0.717, 1.165) is 0 Å². The third-order valence-corrected chi connectivity index (χ3v) is 3.00. The van der Waals surface area contributed by atoms with Crippen molar-refractivity contribution in [1.29, 1.82) is 0 Å². The predicted octanol–water partition coefficient (Wildman–Crippen LogP) is 5.27. The Morgan fingerprint density at radius 2 is 1.28 bits per heavy atom. The first-order valence-electron chi connectivity index (χ1n) is 6.40. The van der Waals surface area contributed by atoms with Gasteiger partial charge in [-0.3, -0.25) is 0 Å². The zero-order chi connectivity index (χ0) is 13.0. The van der Waals surface area contributed by atoms with E-state index in [1.807, 2.05) is 0 Å². The van der Waals surface area contributed by atoms with Crippen LogP contribution in [0.2, 0.25) is 0 Å². The molecule has 0 unspecified atom stereocenters. The second-order valence-electron chi connectivity index (χ2n) is 5.58. The van der Waals surface area contributed by atoms with E-state index in [1.54, 1.807) is 0 Å². The first kappa shape index (κ1) is 12.6. The molecule has 0 saturated heterocycles. The van der Waals surface area contributed by atoms with Gasteiger partial charge in [0.15, 0.2) is 0 Å². The minimum atomic E-state index is 0.136. The Morgan fingerprint density at radius 1 is 0.778 bits per heavy atom. The third-order valence-electron chi connectivity index (χ3n) is 3.00. The van der Waals surface area contributed by atoms with Crippen LogP contribution in [-0.2, 0) is 0 Å². The van der Waals surface area contributed by atoms with Crippen LogP contribution in [-0.4, -0.2) is 0 Å². The lowest BCUT2D eigenvalue weighted by Gasteiger charge is -2.23. The molecule has 92 valence electrons. The van der Waals surface area contributed by atoms with Crippen LogP contribution >= 0.6 is 0 Å². The van der Waals surface area contributed by atoms with Crippen molar-refractivity contribution in [3.8, 4) is 0 Å². The smallest absolute Gasteiger partial charge is 0.0126 e. The molecule has 0 radical (unpaired) electrons. The molecule has 0 atom stereocenters. The van der Waals surface area contributed by atoms with Crippen LogP contribution < -0.4 is 0 Å². The van der Waals surface area contributed by atoms with E-state index in [1.165, 1.54) is 16.7 Å². The molecule has 0 heterocycles. The van der Waals surface area contributed by atoms with Crippen LogP contribution in [0.25, 0.3) is 11.6 Å². The van der Waals surface area contributed by atoms with Crippen molar-refractivity contribution in [1.82, 2.24) is 0 Å². The van der Waals surface area contributed by atoms with E-state index in [4.69, 9.17) is 0 Å². The van der Waals surface area contributed by atoms with E-state index in [0.29, 0.717) is 0 Å². The minimum absolute atomic E-state index is 0.136. The van der Waals surface area contributed by atoms with E-state index < -0.39 is 0 Å². The number of rotatable bonds is 2. The van der Waals surface area contributed by atoms with Gasteiger partial charge in [-0.15, -0.1) is 0 Å². The van der Waals surface area contributed by atoms with Crippen LogP contribution in [0, 0.1) is 5.41 Å². The Morgan fingerprint density at radius 3 is 1.78 bits per heavy atom. The van der Waals surface area contributed by atoms with Crippen molar-refractivity contribution in [3.63, 3.8) is 0 Å². The molecule has 0 heteroatoms. The molecule has 0 amide bonds. The van der Waals surface area contributed by atoms with Gasteiger partial charge < -0.3 is 0 Å². The Hall–Kier alpha value is -1.82. The van der Waals surface area contributed by atoms with Crippen molar-refractivity contribution in [2.45, 2.75) is 20.8 Å². The van der Waals surface area contributed by atoms with Crippen LogP contribution in [0.5, 0.6) is 0 Å². The molecule has 0 spiro atoms. The molecule has 0 aromatic heterocycles. The maximum Gasteiger partial charge on any atom is -0.0126 e. The fraction of sp³-hybridized carbons (Fsp3) is 0.222. The first-order chi connectivity index (χ1) is 8.57. The molecule has 0 bridgehead atoms. The molecular formula is C18H20. The summed E-state index contributed by atoms with van der Waals surface area (Å²) >= 11 is 0. The summed E-state index contributed by atoms with van der Waals surface area (Å²) in [6, 6.07) is 21.1. The highest BCUT2D eigenvalue weighted by atomic mass is 14.2. The Labute approximate surface area is 110 Å². The first-order valence-corrected chi connectivity index (χ1v) is 6.40. The lowest BCUT2D eigenvalue weighted by Crippen LogP contribution is -2.08. The van der Waals surface area contributed by atoms with E-state index >= 15 is 0 Å². The van der Waals surface area contributed by atoms with Crippen LogP contribution in [0.3, 0.4) is 0 Å². The lowest BCUT2D eigenvalue weighted by atomic mass is 9.81. The normalized spacial score (nSPS) is 12.5. The Balaban J connectivity index is 2.48. The van der Waals surface area contributed by atoms with Gasteiger partial charge in [0.1, 0.15) is 0 Å². The van der Waals surface area contributed by atoms with Crippen LogP contribution in [0.4, 0.5) is 0 Å². The molecule has 0 aliphatic heterocycles. The topological polar surface area (TPSA) is 0 Å². The minimum Gasteiger partial charge on any atom is -0.0622 e. The molecule has 18 heavy (non-hydrogen) atoms. The van der Waals surface area contributed by atoms with Gasteiger partial charge >= 0.3 is 0 Å². The zero-order valence-electron chi connectivity index (χ0n) is 11.4. The average Bonchev–Trinajstić information content (AvgIpc) is 2.37. The summed E-state index contributed by atoms with van der Waals surface area (Å²) < 4.78 is 0. The van der Waals surface area contributed by atoms with Crippen LogP contribution in [0.1, 0.15) is 31.9 Å². The van der Waals surface area contributed by atoms with Gasteiger partial charge in [0.25, 0.3) is 0 Å². The highest BCUT2D eigenvalue weighted by molar-refractivity contribution is 5.84. The number of benzene rings is 2. The zero-order valence-corrected chi connectivity index (χ0v) is 11.4. The van der Waals surface area contributed by atoms with Gasteiger partial charge in [-0.1, -0.05) is 87.5 Å². The fourth-order valence-electron chi connectivity index (χ4n) is 2.07. The molecule has 0 nitrogen and oxygen atoms in total. The summed E-state index contributed by atoms with van der Waals surface area (Å²) in [4.78, 5) is 0. The van der Waals surface area contributed by atoms with E-state index in [2.05, 4.69) is 87.5 Å². The lowest BCUT2D eigenvalue weighted by molar-refractivity contribution is 0.569.